The minimum absolute atomic E-state index is 0.0123. The molecule has 0 aliphatic rings. The molecule has 0 saturated heterocycles. The molecular weight excluding hydrogens is 297 g/mol. The monoisotopic (exact) mass is 318 g/mol. The SMILES string of the molecule is CCc1cccc(NC(=O)CN(CCCO)CC(F)(F)F)c1. The Kier molecular flexibility index (Phi) is 7.34. The number of nitrogens with one attached hydrogen (secondary N) is 1. The van der Waals surface area contributed by atoms with Gasteiger partial charge in [-0.1, -0.05) is 19.1 Å². The average molecular weight is 318 g/mol. The topological polar surface area (TPSA) is 52.6 Å². The molecule has 1 rings (SSSR count). The van der Waals surface area contributed by atoms with Crippen LogP contribution in [-0.2, 0) is 11.2 Å². The zero-order valence-electron chi connectivity index (χ0n) is 12.5. The Labute approximate surface area is 127 Å². The van der Waals surface area contributed by atoms with Crippen molar-refractivity contribution in [1.29, 1.82) is 0 Å². The molecule has 2 N–H and O–H groups in total. The number of aryl methyl sites for hydroxylation is 1. The van der Waals surface area contributed by atoms with E-state index in [0.717, 1.165) is 16.9 Å². The van der Waals surface area contributed by atoms with E-state index in [9.17, 15) is 18.0 Å². The average Bonchev–Trinajstić information content (AvgIpc) is 2.43. The maximum Gasteiger partial charge on any atom is 0.401 e. The van der Waals surface area contributed by atoms with Crippen LogP contribution in [-0.4, -0.2) is 48.3 Å². The summed E-state index contributed by atoms with van der Waals surface area (Å²) in [4.78, 5) is 12.9. The summed E-state index contributed by atoms with van der Waals surface area (Å²) in [6.45, 7) is 0.235. The quantitative estimate of drug-likeness (QED) is 0.774. The van der Waals surface area contributed by atoms with E-state index < -0.39 is 18.6 Å². The van der Waals surface area contributed by atoms with Gasteiger partial charge in [0.15, 0.2) is 0 Å². The van der Waals surface area contributed by atoms with Crippen molar-refractivity contribution >= 4 is 11.6 Å². The summed E-state index contributed by atoms with van der Waals surface area (Å²) in [5, 5.41) is 11.3. The molecule has 4 nitrogen and oxygen atoms in total. The van der Waals surface area contributed by atoms with E-state index in [0.29, 0.717) is 5.69 Å². The van der Waals surface area contributed by atoms with Gasteiger partial charge in [0.2, 0.25) is 5.91 Å². The number of alkyl halides is 3. The predicted octanol–water partition coefficient (Wildman–Crippen LogP) is 2.43. The van der Waals surface area contributed by atoms with Crippen molar-refractivity contribution in [2.45, 2.75) is 25.9 Å². The van der Waals surface area contributed by atoms with Crippen LogP contribution in [0.15, 0.2) is 24.3 Å². The molecule has 1 aromatic rings. The molecule has 7 heteroatoms. The Morgan fingerprint density at radius 2 is 2.09 bits per heavy atom. The van der Waals surface area contributed by atoms with Crippen molar-refractivity contribution < 1.29 is 23.1 Å². The summed E-state index contributed by atoms with van der Waals surface area (Å²) in [6.07, 6.45) is -3.38. The van der Waals surface area contributed by atoms with E-state index in [1.165, 1.54) is 0 Å². The zero-order valence-corrected chi connectivity index (χ0v) is 12.5. The lowest BCUT2D eigenvalue weighted by Crippen LogP contribution is -2.40. The molecule has 0 atom stereocenters. The van der Waals surface area contributed by atoms with Gasteiger partial charge in [-0.2, -0.15) is 13.2 Å². The van der Waals surface area contributed by atoms with Crippen LogP contribution in [0.25, 0.3) is 0 Å². The first-order valence-corrected chi connectivity index (χ1v) is 7.13. The highest BCUT2D eigenvalue weighted by Gasteiger charge is 2.31. The third-order valence-electron chi connectivity index (χ3n) is 3.02. The summed E-state index contributed by atoms with van der Waals surface area (Å²) >= 11 is 0. The Hall–Kier alpha value is -1.60. The van der Waals surface area contributed by atoms with E-state index in [-0.39, 0.29) is 26.1 Å². The van der Waals surface area contributed by atoms with Crippen molar-refractivity contribution in [1.82, 2.24) is 4.90 Å². The Morgan fingerprint density at radius 3 is 2.68 bits per heavy atom. The van der Waals surface area contributed by atoms with E-state index in [2.05, 4.69) is 5.32 Å². The largest absolute Gasteiger partial charge is 0.401 e. The normalized spacial score (nSPS) is 11.7. The van der Waals surface area contributed by atoms with Gasteiger partial charge in [-0.3, -0.25) is 9.69 Å². The lowest BCUT2D eigenvalue weighted by Gasteiger charge is -2.22. The third-order valence-corrected chi connectivity index (χ3v) is 3.02. The molecule has 0 fully saturated rings. The van der Waals surface area contributed by atoms with Crippen molar-refractivity contribution in [3.05, 3.63) is 29.8 Å². The summed E-state index contributed by atoms with van der Waals surface area (Å²) in [5.74, 6) is -0.504. The highest BCUT2D eigenvalue weighted by molar-refractivity contribution is 5.92. The third kappa shape index (κ3) is 7.42. The molecule has 124 valence electrons. The van der Waals surface area contributed by atoms with E-state index in [1.807, 2.05) is 13.0 Å². The van der Waals surface area contributed by atoms with Crippen LogP contribution in [0.3, 0.4) is 0 Å². The van der Waals surface area contributed by atoms with Crippen molar-refractivity contribution in [3.63, 3.8) is 0 Å². The first kappa shape index (κ1) is 18.4. The Morgan fingerprint density at radius 1 is 1.36 bits per heavy atom. The lowest BCUT2D eigenvalue weighted by atomic mass is 10.1. The van der Waals surface area contributed by atoms with Gasteiger partial charge in [0, 0.05) is 18.8 Å². The Bertz CT molecular complexity index is 478. The molecule has 0 spiro atoms. The van der Waals surface area contributed by atoms with Crippen LogP contribution >= 0.6 is 0 Å². The van der Waals surface area contributed by atoms with Gasteiger partial charge in [0.1, 0.15) is 0 Å². The van der Waals surface area contributed by atoms with Crippen LogP contribution < -0.4 is 5.32 Å². The second-order valence-corrected chi connectivity index (χ2v) is 5.01. The number of hydrogen-bond donors (Lipinski definition) is 2. The molecular formula is C15H21F3N2O2. The minimum Gasteiger partial charge on any atom is -0.396 e. The standard InChI is InChI=1S/C15H21F3N2O2/c1-2-12-5-3-6-13(9-12)19-14(22)10-20(7-4-8-21)11-15(16,17)18/h3,5-6,9,21H,2,4,7-8,10-11H2,1H3,(H,19,22). The van der Waals surface area contributed by atoms with Gasteiger partial charge < -0.3 is 10.4 Å². The number of anilines is 1. The predicted molar refractivity (Wildman–Crippen MR) is 78.6 cm³/mol. The number of amides is 1. The smallest absolute Gasteiger partial charge is 0.396 e. The molecule has 0 heterocycles. The fourth-order valence-corrected chi connectivity index (χ4v) is 2.03. The second-order valence-electron chi connectivity index (χ2n) is 5.01. The zero-order chi connectivity index (χ0) is 16.6. The fraction of sp³-hybridized carbons (Fsp3) is 0.533. The summed E-state index contributed by atoms with van der Waals surface area (Å²) in [7, 11) is 0. The highest BCUT2D eigenvalue weighted by Crippen LogP contribution is 2.17. The summed E-state index contributed by atoms with van der Waals surface area (Å²) in [5.41, 5.74) is 1.60. The maximum absolute atomic E-state index is 12.5. The number of rotatable bonds is 8. The Balaban J connectivity index is 2.61. The molecule has 0 aromatic heterocycles. The van der Waals surface area contributed by atoms with Crippen molar-refractivity contribution in [2.75, 3.05) is 31.6 Å². The molecule has 0 bridgehead atoms. The van der Waals surface area contributed by atoms with Crippen LogP contribution in [0.2, 0.25) is 0 Å². The van der Waals surface area contributed by atoms with Gasteiger partial charge in [0.25, 0.3) is 0 Å². The fourth-order valence-electron chi connectivity index (χ4n) is 2.03. The van der Waals surface area contributed by atoms with Gasteiger partial charge >= 0.3 is 6.18 Å². The molecule has 0 aliphatic carbocycles. The van der Waals surface area contributed by atoms with E-state index >= 15 is 0 Å². The van der Waals surface area contributed by atoms with Crippen molar-refractivity contribution in [3.8, 4) is 0 Å². The second kappa shape index (κ2) is 8.75. The van der Waals surface area contributed by atoms with Crippen LogP contribution in [0.4, 0.5) is 18.9 Å². The highest BCUT2D eigenvalue weighted by atomic mass is 19.4. The molecule has 1 aromatic carbocycles. The number of aliphatic hydroxyl groups excluding tert-OH is 1. The number of carbonyl (C=O) groups is 1. The maximum atomic E-state index is 12.5. The number of halogens is 3. The number of aliphatic hydroxyl groups is 1. The first-order chi connectivity index (χ1) is 10.3. The van der Waals surface area contributed by atoms with Gasteiger partial charge in [0.05, 0.1) is 13.1 Å². The molecule has 0 radical (unpaired) electrons. The van der Waals surface area contributed by atoms with Crippen LogP contribution in [0.1, 0.15) is 18.9 Å². The van der Waals surface area contributed by atoms with Crippen molar-refractivity contribution in [2.24, 2.45) is 0 Å². The van der Waals surface area contributed by atoms with Gasteiger partial charge in [-0.05, 0) is 30.5 Å². The molecule has 0 aliphatic heterocycles. The lowest BCUT2D eigenvalue weighted by molar-refractivity contribution is -0.148. The van der Waals surface area contributed by atoms with E-state index in [4.69, 9.17) is 5.11 Å². The molecule has 0 unspecified atom stereocenters. The molecule has 22 heavy (non-hydrogen) atoms. The number of hydrogen-bond acceptors (Lipinski definition) is 3. The molecule has 1 amide bonds. The minimum atomic E-state index is -4.38. The first-order valence-electron chi connectivity index (χ1n) is 7.13. The number of benzene rings is 1. The van der Waals surface area contributed by atoms with Crippen LogP contribution in [0.5, 0.6) is 0 Å². The van der Waals surface area contributed by atoms with Crippen LogP contribution in [0, 0.1) is 0 Å². The van der Waals surface area contributed by atoms with Gasteiger partial charge in [-0.15, -0.1) is 0 Å². The van der Waals surface area contributed by atoms with E-state index in [1.54, 1.807) is 18.2 Å². The molecule has 0 saturated carbocycles. The number of nitrogens with zero attached hydrogens (tertiary/aromatic N) is 1. The summed E-state index contributed by atoms with van der Waals surface area (Å²) < 4.78 is 37.4. The number of carbonyl (C=O) groups excluding carboxylic acids is 1. The van der Waals surface area contributed by atoms with Gasteiger partial charge in [-0.25, -0.2) is 0 Å². The summed E-state index contributed by atoms with van der Waals surface area (Å²) in [6, 6.07) is 7.18.